The van der Waals surface area contributed by atoms with E-state index >= 15 is 4.39 Å². The van der Waals surface area contributed by atoms with Gasteiger partial charge in [-0.25, -0.2) is 18.5 Å². The zero-order valence-electron chi connectivity index (χ0n) is 22.5. The molecule has 2 aromatic carbocycles. The molecule has 40 heavy (non-hydrogen) atoms. The third kappa shape index (κ3) is 6.93. The zero-order chi connectivity index (χ0) is 29.1. The molecule has 2 heterocycles. The number of nitrogens with zero attached hydrogens (tertiary/aromatic N) is 2. The number of benzene rings is 2. The summed E-state index contributed by atoms with van der Waals surface area (Å²) in [4.78, 5) is 42.0. The molecule has 0 bridgehead atoms. The number of H-pyrrole nitrogens is 1. The Bertz CT molecular complexity index is 1570. The summed E-state index contributed by atoms with van der Waals surface area (Å²) in [6.07, 6.45) is -0.411. The standard InChI is InChI=1S/C27H31FN3O8P/c1-17(2)37-25(33)19(4)29-16-40(35,39-22-11-7-9-20-8-5-6-10-21(20)22)36-15-27(28)14-18(3)24(38-27)31-13-12-23(32)30-26(31)34/h5-13,16-19,24H,14-15H2,1-4H3,(H,30,32,34)/t18-,19-,24+,27-,40?/m0/s1. The summed E-state index contributed by atoms with van der Waals surface area (Å²) in [6, 6.07) is 12.4. The Morgan fingerprint density at radius 1 is 1.23 bits per heavy atom. The quantitative estimate of drug-likeness (QED) is 0.211. The van der Waals surface area contributed by atoms with Crippen LogP contribution in [0.3, 0.4) is 0 Å². The van der Waals surface area contributed by atoms with Crippen molar-refractivity contribution in [3.8, 4) is 5.75 Å². The Labute approximate surface area is 229 Å². The van der Waals surface area contributed by atoms with Gasteiger partial charge in [0.1, 0.15) is 30.6 Å². The van der Waals surface area contributed by atoms with Gasteiger partial charge in [-0.2, -0.15) is 0 Å². The summed E-state index contributed by atoms with van der Waals surface area (Å²) < 4.78 is 52.9. The first-order valence-electron chi connectivity index (χ1n) is 12.7. The third-order valence-electron chi connectivity index (χ3n) is 6.13. The van der Waals surface area contributed by atoms with Crippen LogP contribution in [0.2, 0.25) is 0 Å². The Morgan fingerprint density at radius 2 is 1.95 bits per heavy atom. The smallest absolute Gasteiger partial charge is 0.421 e. The molecule has 1 fully saturated rings. The van der Waals surface area contributed by atoms with Crippen LogP contribution in [-0.2, 0) is 23.4 Å². The van der Waals surface area contributed by atoms with Crippen LogP contribution in [0.15, 0.2) is 69.3 Å². The van der Waals surface area contributed by atoms with Crippen molar-refractivity contribution in [2.45, 2.75) is 58.3 Å². The molecule has 4 rings (SSSR count). The van der Waals surface area contributed by atoms with Gasteiger partial charge in [0.05, 0.1) is 6.10 Å². The highest BCUT2D eigenvalue weighted by Crippen LogP contribution is 2.50. The summed E-state index contributed by atoms with van der Waals surface area (Å²) in [6.45, 7) is 5.66. The van der Waals surface area contributed by atoms with Crippen molar-refractivity contribution in [2.24, 2.45) is 10.9 Å². The number of nitrogens with one attached hydrogen (secondary N) is 1. The Morgan fingerprint density at radius 3 is 2.67 bits per heavy atom. The van der Waals surface area contributed by atoms with Gasteiger partial charge >= 0.3 is 19.3 Å². The van der Waals surface area contributed by atoms with Crippen molar-refractivity contribution < 1.29 is 32.3 Å². The van der Waals surface area contributed by atoms with E-state index < -0.39 is 55.5 Å². The van der Waals surface area contributed by atoms with E-state index in [1.165, 1.54) is 13.1 Å². The number of halogens is 1. The lowest BCUT2D eigenvalue weighted by Crippen LogP contribution is -2.34. The van der Waals surface area contributed by atoms with Crippen molar-refractivity contribution in [2.75, 3.05) is 6.61 Å². The fraction of sp³-hybridized carbons (Fsp3) is 0.407. The van der Waals surface area contributed by atoms with Gasteiger partial charge in [-0.1, -0.05) is 43.3 Å². The van der Waals surface area contributed by atoms with Crippen molar-refractivity contribution in [3.63, 3.8) is 0 Å². The normalized spacial score (nSPS) is 23.4. The zero-order valence-corrected chi connectivity index (χ0v) is 23.4. The summed E-state index contributed by atoms with van der Waals surface area (Å²) in [7, 11) is -4.33. The van der Waals surface area contributed by atoms with Crippen molar-refractivity contribution in [1.29, 1.82) is 0 Å². The van der Waals surface area contributed by atoms with Crippen LogP contribution in [0.4, 0.5) is 4.39 Å². The lowest BCUT2D eigenvalue weighted by molar-refractivity contribution is -0.174. The van der Waals surface area contributed by atoms with Gasteiger partial charge in [0.15, 0.2) is 0 Å². The van der Waals surface area contributed by atoms with E-state index in [9.17, 15) is 18.9 Å². The van der Waals surface area contributed by atoms with E-state index in [0.717, 1.165) is 22.0 Å². The molecule has 1 unspecified atom stereocenters. The summed E-state index contributed by atoms with van der Waals surface area (Å²) in [5.41, 5.74) is -1.35. The maximum Gasteiger partial charge on any atom is 0.421 e. The molecule has 0 amide bonds. The molecule has 0 saturated carbocycles. The number of rotatable bonds is 10. The molecular weight excluding hydrogens is 544 g/mol. The fourth-order valence-electron chi connectivity index (χ4n) is 4.27. The molecule has 214 valence electrons. The van der Waals surface area contributed by atoms with Crippen LogP contribution >= 0.6 is 7.60 Å². The van der Waals surface area contributed by atoms with Gasteiger partial charge < -0.3 is 14.0 Å². The molecule has 1 N–H and O–H groups in total. The van der Waals surface area contributed by atoms with E-state index in [4.69, 9.17) is 18.5 Å². The van der Waals surface area contributed by atoms with Crippen molar-refractivity contribution >= 4 is 30.3 Å². The number of alkyl halides is 1. The molecule has 5 atom stereocenters. The molecule has 0 spiro atoms. The number of aromatic amines is 1. The minimum absolute atomic E-state index is 0.203. The highest BCUT2D eigenvalue weighted by Gasteiger charge is 2.48. The topological polar surface area (TPSA) is 138 Å². The van der Waals surface area contributed by atoms with Crippen LogP contribution in [-0.4, -0.2) is 46.1 Å². The molecule has 0 aliphatic carbocycles. The number of ether oxygens (including phenoxy) is 2. The Kier molecular flexibility index (Phi) is 8.72. The number of hydrogen-bond acceptors (Lipinski definition) is 9. The molecule has 13 heteroatoms. The molecule has 1 aliphatic rings. The number of carbonyl (C=O) groups is 1. The lowest BCUT2D eigenvalue weighted by Gasteiger charge is -2.24. The second kappa shape index (κ2) is 11.9. The SMILES string of the molecule is CC(C)OC(=O)[C@H](C)N=CP(=O)(OC[C@]1(F)C[C@H](C)[C@H](n2ccc(=O)[nH]c2=O)O1)Oc1cccc2ccccc12. The summed E-state index contributed by atoms with van der Waals surface area (Å²) in [5, 5.41) is 1.44. The summed E-state index contributed by atoms with van der Waals surface area (Å²) in [5.74, 6) is -2.53. The maximum atomic E-state index is 15.9. The number of esters is 1. The first-order chi connectivity index (χ1) is 18.9. The van der Waals surface area contributed by atoms with E-state index in [1.54, 1.807) is 45.0 Å². The highest BCUT2D eigenvalue weighted by molar-refractivity contribution is 7.70. The van der Waals surface area contributed by atoms with E-state index in [2.05, 4.69) is 9.98 Å². The second-order valence-electron chi connectivity index (χ2n) is 9.90. The van der Waals surface area contributed by atoms with Crippen LogP contribution < -0.4 is 15.8 Å². The van der Waals surface area contributed by atoms with Crippen molar-refractivity contribution in [3.05, 3.63) is 75.6 Å². The minimum Gasteiger partial charge on any atom is -0.461 e. The largest absolute Gasteiger partial charge is 0.461 e. The Balaban J connectivity index is 1.59. The third-order valence-corrected chi connectivity index (χ3v) is 7.49. The number of aromatic nitrogens is 2. The van der Waals surface area contributed by atoms with Crippen LogP contribution in [0.25, 0.3) is 10.8 Å². The predicted molar refractivity (Wildman–Crippen MR) is 146 cm³/mol. The van der Waals surface area contributed by atoms with Gasteiger partial charge in [-0.05, 0) is 32.2 Å². The molecule has 11 nitrogen and oxygen atoms in total. The monoisotopic (exact) mass is 575 g/mol. The molecular formula is C27H31FN3O8P. The number of aliphatic imine (C=N–C) groups is 1. The lowest BCUT2D eigenvalue weighted by atomic mass is 10.1. The number of carbonyl (C=O) groups excluding carboxylic acids is 1. The maximum absolute atomic E-state index is 15.9. The average molecular weight is 576 g/mol. The van der Waals surface area contributed by atoms with Crippen LogP contribution in [0.5, 0.6) is 5.75 Å². The minimum atomic E-state index is -4.33. The van der Waals surface area contributed by atoms with Crippen molar-refractivity contribution in [1.82, 2.24) is 9.55 Å². The average Bonchev–Trinajstić information content (AvgIpc) is 3.20. The van der Waals surface area contributed by atoms with Gasteiger partial charge in [-0.15, -0.1) is 0 Å². The first kappa shape index (κ1) is 29.4. The van der Waals surface area contributed by atoms with Gasteiger partial charge in [0, 0.05) is 30.0 Å². The van der Waals surface area contributed by atoms with E-state index in [1.807, 2.05) is 18.2 Å². The predicted octanol–water partition coefficient (Wildman–Crippen LogP) is 4.57. The molecule has 0 radical (unpaired) electrons. The number of hydrogen-bond donors (Lipinski definition) is 1. The highest BCUT2D eigenvalue weighted by atomic mass is 31.2. The van der Waals surface area contributed by atoms with E-state index in [-0.39, 0.29) is 18.3 Å². The van der Waals surface area contributed by atoms with E-state index in [0.29, 0.717) is 5.39 Å². The van der Waals surface area contributed by atoms with Crippen LogP contribution in [0.1, 0.15) is 40.3 Å². The number of fused-ring (bicyclic) bond motifs is 1. The van der Waals surface area contributed by atoms with Gasteiger partial charge in [0.2, 0.25) is 5.85 Å². The second-order valence-corrected chi connectivity index (χ2v) is 11.6. The summed E-state index contributed by atoms with van der Waals surface area (Å²) >= 11 is 0. The molecule has 3 aromatic rings. The first-order valence-corrected chi connectivity index (χ1v) is 14.3. The Hall–Kier alpha value is -3.60. The molecule has 1 saturated heterocycles. The van der Waals surface area contributed by atoms with Gasteiger partial charge in [0.25, 0.3) is 5.56 Å². The van der Waals surface area contributed by atoms with Gasteiger partial charge in [-0.3, -0.25) is 23.9 Å². The molecule has 1 aromatic heterocycles. The fourth-order valence-corrected chi connectivity index (χ4v) is 5.61. The molecule has 1 aliphatic heterocycles. The van der Waals surface area contributed by atoms with Crippen LogP contribution in [0, 0.1) is 5.92 Å².